The predicted molar refractivity (Wildman–Crippen MR) is 78.2 cm³/mol. The van der Waals surface area contributed by atoms with Crippen molar-refractivity contribution < 1.29 is 0 Å². The van der Waals surface area contributed by atoms with Gasteiger partial charge in [-0.2, -0.15) is 5.10 Å². The first-order chi connectivity index (χ1) is 9.08. The maximum absolute atomic E-state index is 5.78. The summed E-state index contributed by atoms with van der Waals surface area (Å²) in [4.78, 5) is 8.59. The lowest BCUT2D eigenvalue weighted by Gasteiger charge is -2.07. The van der Waals surface area contributed by atoms with E-state index in [1.165, 1.54) is 6.33 Å². The summed E-state index contributed by atoms with van der Waals surface area (Å²) in [6.07, 6.45) is 1.53. The van der Waals surface area contributed by atoms with Gasteiger partial charge in [0.05, 0.1) is 21.4 Å². The average molecular weight is 318 g/mol. The molecule has 0 radical (unpaired) electrons. The zero-order valence-electron chi connectivity index (χ0n) is 10.6. The van der Waals surface area contributed by atoms with Gasteiger partial charge in [0.2, 0.25) is 0 Å². The van der Waals surface area contributed by atoms with E-state index in [1.54, 1.807) is 0 Å². The molecule has 2 aromatic heterocycles. The van der Waals surface area contributed by atoms with Crippen LogP contribution in [0, 0.1) is 13.8 Å². The highest BCUT2D eigenvalue weighted by Gasteiger charge is 2.13. The second-order valence-corrected chi connectivity index (χ2v) is 5.16. The first-order valence-corrected chi connectivity index (χ1v) is 6.59. The van der Waals surface area contributed by atoms with Crippen LogP contribution in [0.5, 0.6) is 0 Å². The van der Waals surface area contributed by atoms with Crippen molar-refractivity contribution >= 4 is 32.5 Å². The summed E-state index contributed by atoms with van der Waals surface area (Å²) in [6, 6.07) is 5.60. The van der Waals surface area contributed by atoms with Crippen molar-refractivity contribution in [1.82, 2.24) is 19.7 Å². The Hall–Kier alpha value is -1.95. The molecule has 5 nitrogen and oxygen atoms in total. The quantitative estimate of drug-likeness (QED) is 0.701. The van der Waals surface area contributed by atoms with Crippen molar-refractivity contribution in [2.75, 3.05) is 5.73 Å². The lowest BCUT2D eigenvalue weighted by molar-refractivity contribution is 0.810. The lowest BCUT2D eigenvalue weighted by Crippen LogP contribution is -2.03. The van der Waals surface area contributed by atoms with Gasteiger partial charge in [0.1, 0.15) is 6.33 Å². The SMILES string of the molecule is Cc1nn(-c2ncnc3cc(N)ccc23)c(C)c1Br. The molecule has 2 heterocycles. The molecule has 0 aliphatic carbocycles. The third-order valence-corrected chi connectivity index (χ3v) is 4.19. The zero-order valence-corrected chi connectivity index (χ0v) is 12.1. The van der Waals surface area contributed by atoms with Gasteiger partial charge in [-0.05, 0) is 48.0 Å². The van der Waals surface area contributed by atoms with Crippen molar-refractivity contribution in [3.05, 3.63) is 40.4 Å². The molecule has 0 fully saturated rings. The van der Waals surface area contributed by atoms with Crippen LogP contribution in [-0.4, -0.2) is 19.7 Å². The third kappa shape index (κ3) is 1.88. The summed E-state index contributed by atoms with van der Waals surface area (Å²) in [6.45, 7) is 3.95. The molecule has 1 aromatic carbocycles. The Morgan fingerprint density at radius 1 is 1.21 bits per heavy atom. The molecule has 6 heteroatoms. The minimum absolute atomic E-state index is 0.687. The smallest absolute Gasteiger partial charge is 0.164 e. The maximum Gasteiger partial charge on any atom is 0.164 e. The number of hydrogen-bond acceptors (Lipinski definition) is 4. The summed E-state index contributed by atoms with van der Waals surface area (Å²) in [5, 5.41) is 5.43. The molecular formula is C13H12BrN5. The zero-order chi connectivity index (χ0) is 13.6. The third-order valence-electron chi connectivity index (χ3n) is 3.04. The summed E-state index contributed by atoms with van der Waals surface area (Å²) in [5.74, 6) is 0.760. The van der Waals surface area contributed by atoms with E-state index in [-0.39, 0.29) is 0 Å². The van der Waals surface area contributed by atoms with Crippen LogP contribution < -0.4 is 5.73 Å². The molecule has 3 rings (SSSR count). The van der Waals surface area contributed by atoms with Gasteiger partial charge in [0.15, 0.2) is 5.82 Å². The number of nitrogen functional groups attached to an aromatic ring is 1. The fraction of sp³-hybridized carbons (Fsp3) is 0.154. The van der Waals surface area contributed by atoms with E-state index >= 15 is 0 Å². The molecule has 0 saturated carbocycles. The maximum atomic E-state index is 5.78. The Balaban J connectivity index is 2.33. The molecule has 0 atom stereocenters. The number of fused-ring (bicyclic) bond motifs is 1. The average Bonchev–Trinajstić information content (AvgIpc) is 2.65. The lowest BCUT2D eigenvalue weighted by atomic mass is 10.2. The van der Waals surface area contributed by atoms with Crippen molar-refractivity contribution in [2.45, 2.75) is 13.8 Å². The molecule has 0 unspecified atom stereocenters. The van der Waals surface area contributed by atoms with Crippen molar-refractivity contribution in [2.24, 2.45) is 0 Å². The number of aromatic nitrogens is 4. The van der Waals surface area contributed by atoms with Crippen LogP contribution in [0.25, 0.3) is 16.7 Å². The van der Waals surface area contributed by atoms with E-state index in [0.717, 1.165) is 32.6 Å². The van der Waals surface area contributed by atoms with E-state index in [0.29, 0.717) is 5.69 Å². The first-order valence-electron chi connectivity index (χ1n) is 5.80. The topological polar surface area (TPSA) is 69.6 Å². The number of anilines is 1. The summed E-state index contributed by atoms with van der Waals surface area (Å²) in [5.41, 5.74) is 9.22. The molecule has 2 N–H and O–H groups in total. The highest BCUT2D eigenvalue weighted by atomic mass is 79.9. The Labute approximate surface area is 118 Å². The van der Waals surface area contributed by atoms with E-state index in [9.17, 15) is 0 Å². The Morgan fingerprint density at radius 2 is 2.00 bits per heavy atom. The van der Waals surface area contributed by atoms with Gasteiger partial charge < -0.3 is 5.73 Å². The molecule has 0 spiro atoms. The molecule has 0 aliphatic heterocycles. The highest BCUT2D eigenvalue weighted by molar-refractivity contribution is 9.10. The van der Waals surface area contributed by atoms with Gasteiger partial charge in [-0.3, -0.25) is 0 Å². The van der Waals surface area contributed by atoms with Crippen LogP contribution in [0.2, 0.25) is 0 Å². The molecule has 0 aliphatic rings. The Bertz CT molecular complexity index is 778. The van der Waals surface area contributed by atoms with Gasteiger partial charge in [0, 0.05) is 11.1 Å². The summed E-state index contributed by atoms with van der Waals surface area (Å²) < 4.78 is 2.81. The molecule has 0 amide bonds. The van der Waals surface area contributed by atoms with Gasteiger partial charge in [0.25, 0.3) is 0 Å². The van der Waals surface area contributed by atoms with Gasteiger partial charge >= 0.3 is 0 Å². The number of nitrogens with two attached hydrogens (primary N) is 1. The number of halogens is 1. The largest absolute Gasteiger partial charge is 0.399 e. The standard InChI is InChI=1S/C13H12BrN5/c1-7-12(14)8(2)19(18-7)13-10-4-3-9(15)5-11(10)16-6-17-13/h3-6H,15H2,1-2H3. The minimum Gasteiger partial charge on any atom is -0.399 e. The molecular weight excluding hydrogens is 306 g/mol. The van der Waals surface area contributed by atoms with Crippen LogP contribution in [0.4, 0.5) is 5.69 Å². The van der Waals surface area contributed by atoms with Gasteiger partial charge in [-0.25, -0.2) is 14.6 Å². The van der Waals surface area contributed by atoms with Crippen LogP contribution in [0.3, 0.4) is 0 Å². The summed E-state index contributed by atoms with van der Waals surface area (Å²) in [7, 11) is 0. The number of rotatable bonds is 1. The number of aryl methyl sites for hydroxylation is 1. The fourth-order valence-corrected chi connectivity index (χ4v) is 2.31. The monoisotopic (exact) mass is 317 g/mol. The summed E-state index contributed by atoms with van der Waals surface area (Å²) >= 11 is 3.53. The second kappa shape index (κ2) is 4.31. The molecule has 96 valence electrons. The van der Waals surface area contributed by atoms with Crippen molar-refractivity contribution in [3.8, 4) is 5.82 Å². The molecule has 0 bridgehead atoms. The van der Waals surface area contributed by atoms with E-state index < -0.39 is 0 Å². The van der Waals surface area contributed by atoms with Crippen LogP contribution >= 0.6 is 15.9 Å². The van der Waals surface area contributed by atoms with E-state index in [1.807, 2.05) is 36.7 Å². The molecule has 3 aromatic rings. The van der Waals surface area contributed by atoms with Gasteiger partial charge in [-0.1, -0.05) is 0 Å². The van der Waals surface area contributed by atoms with Crippen LogP contribution in [-0.2, 0) is 0 Å². The van der Waals surface area contributed by atoms with Crippen molar-refractivity contribution in [1.29, 1.82) is 0 Å². The minimum atomic E-state index is 0.687. The van der Waals surface area contributed by atoms with E-state index in [2.05, 4.69) is 31.0 Å². The highest BCUT2D eigenvalue weighted by Crippen LogP contribution is 2.26. The number of nitrogens with zero attached hydrogens (tertiary/aromatic N) is 4. The van der Waals surface area contributed by atoms with E-state index in [4.69, 9.17) is 5.73 Å². The first kappa shape index (κ1) is 12.1. The molecule has 0 saturated heterocycles. The molecule has 19 heavy (non-hydrogen) atoms. The number of hydrogen-bond donors (Lipinski definition) is 1. The predicted octanol–water partition coefficient (Wildman–Crippen LogP) is 2.78. The Morgan fingerprint density at radius 3 is 2.68 bits per heavy atom. The number of benzene rings is 1. The second-order valence-electron chi connectivity index (χ2n) is 4.37. The Kier molecular flexibility index (Phi) is 2.74. The normalized spacial score (nSPS) is 11.1. The van der Waals surface area contributed by atoms with Crippen LogP contribution in [0.15, 0.2) is 29.0 Å². The van der Waals surface area contributed by atoms with Crippen LogP contribution in [0.1, 0.15) is 11.4 Å². The van der Waals surface area contributed by atoms with Crippen molar-refractivity contribution in [3.63, 3.8) is 0 Å². The fourth-order valence-electron chi connectivity index (χ4n) is 2.06. The van der Waals surface area contributed by atoms with Gasteiger partial charge in [-0.15, -0.1) is 0 Å².